The normalized spacial score (nSPS) is 14.1. The molecule has 2 aromatic rings. The lowest BCUT2D eigenvalue weighted by Gasteiger charge is -2.21. The van der Waals surface area contributed by atoms with Crippen LogP contribution in [0.15, 0.2) is 42.6 Å². The van der Waals surface area contributed by atoms with Crippen molar-refractivity contribution in [1.29, 1.82) is 0 Å². The van der Waals surface area contributed by atoms with Gasteiger partial charge in [-0.05, 0) is 35.9 Å². The van der Waals surface area contributed by atoms with Crippen molar-refractivity contribution in [3.63, 3.8) is 0 Å². The van der Waals surface area contributed by atoms with E-state index in [9.17, 15) is 5.11 Å². The average molecular weight is 297 g/mol. The number of nitrogens with two attached hydrogens (primary N) is 1. The van der Waals surface area contributed by atoms with Gasteiger partial charge in [0.1, 0.15) is 0 Å². The highest BCUT2D eigenvalue weighted by Gasteiger charge is 2.23. The predicted molar refractivity (Wildman–Crippen MR) is 77.5 cm³/mol. The maximum atomic E-state index is 10.4. The van der Waals surface area contributed by atoms with Gasteiger partial charge < -0.3 is 10.8 Å². The lowest BCUT2D eigenvalue weighted by atomic mass is 9.92. The standard InChI is InChI=1S/C14H14Cl2N2O/c15-10-5-9(6-11(16)7-10)14(19)12(8-17)13-3-1-2-4-18-13/h1-7,12,14,19H,8,17H2. The van der Waals surface area contributed by atoms with Crippen molar-refractivity contribution >= 4 is 23.2 Å². The number of aliphatic hydroxyl groups is 1. The van der Waals surface area contributed by atoms with Gasteiger partial charge in [0.15, 0.2) is 0 Å². The van der Waals surface area contributed by atoms with Crippen LogP contribution in [0.2, 0.25) is 10.0 Å². The highest BCUT2D eigenvalue weighted by atomic mass is 35.5. The summed E-state index contributed by atoms with van der Waals surface area (Å²) in [6, 6.07) is 10.5. The Morgan fingerprint density at radius 3 is 2.37 bits per heavy atom. The molecule has 0 fully saturated rings. The van der Waals surface area contributed by atoms with Gasteiger partial charge in [-0.3, -0.25) is 4.98 Å². The number of aliphatic hydroxyl groups excluding tert-OH is 1. The number of benzene rings is 1. The third-order valence-corrected chi connectivity index (χ3v) is 3.37. The molecule has 0 bridgehead atoms. The van der Waals surface area contributed by atoms with Crippen molar-refractivity contribution in [3.8, 4) is 0 Å². The van der Waals surface area contributed by atoms with Crippen molar-refractivity contribution in [2.24, 2.45) is 5.73 Å². The van der Waals surface area contributed by atoms with E-state index in [1.807, 2.05) is 18.2 Å². The van der Waals surface area contributed by atoms with E-state index >= 15 is 0 Å². The molecule has 0 aliphatic rings. The molecule has 19 heavy (non-hydrogen) atoms. The van der Waals surface area contributed by atoms with E-state index in [2.05, 4.69) is 4.98 Å². The Labute approximate surface area is 122 Å². The van der Waals surface area contributed by atoms with Crippen molar-refractivity contribution in [2.45, 2.75) is 12.0 Å². The SMILES string of the molecule is NCC(c1ccccn1)C(O)c1cc(Cl)cc(Cl)c1. The second-order valence-electron chi connectivity index (χ2n) is 4.24. The van der Waals surface area contributed by atoms with Crippen LogP contribution in [0.25, 0.3) is 0 Å². The number of hydrogen-bond acceptors (Lipinski definition) is 3. The van der Waals surface area contributed by atoms with E-state index in [0.29, 0.717) is 15.6 Å². The lowest BCUT2D eigenvalue weighted by Crippen LogP contribution is -2.21. The van der Waals surface area contributed by atoms with Crippen LogP contribution in [0, 0.1) is 0 Å². The molecule has 0 aliphatic carbocycles. The molecule has 5 heteroatoms. The Balaban J connectivity index is 2.33. The van der Waals surface area contributed by atoms with Gasteiger partial charge in [0.25, 0.3) is 0 Å². The van der Waals surface area contributed by atoms with Crippen LogP contribution in [0.1, 0.15) is 23.3 Å². The molecule has 0 amide bonds. The van der Waals surface area contributed by atoms with Crippen LogP contribution < -0.4 is 5.73 Å². The third kappa shape index (κ3) is 3.45. The molecule has 1 heterocycles. The maximum absolute atomic E-state index is 10.4. The van der Waals surface area contributed by atoms with Gasteiger partial charge >= 0.3 is 0 Å². The van der Waals surface area contributed by atoms with Crippen molar-refractivity contribution < 1.29 is 5.11 Å². The molecule has 0 saturated carbocycles. The zero-order chi connectivity index (χ0) is 13.8. The second-order valence-corrected chi connectivity index (χ2v) is 5.12. The Hall–Kier alpha value is -1.13. The quantitative estimate of drug-likeness (QED) is 0.911. The number of hydrogen-bond donors (Lipinski definition) is 2. The minimum Gasteiger partial charge on any atom is -0.388 e. The molecule has 1 aromatic heterocycles. The Morgan fingerprint density at radius 1 is 1.16 bits per heavy atom. The minimum absolute atomic E-state index is 0.280. The second kappa shape index (κ2) is 6.35. The third-order valence-electron chi connectivity index (χ3n) is 2.93. The molecule has 3 nitrogen and oxygen atoms in total. The fourth-order valence-electron chi connectivity index (χ4n) is 1.98. The van der Waals surface area contributed by atoms with E-state index in [-0.39, 0.29) is 12.5 Å². The minimum atomic E-state index is -0.795. The zero-order valence-electron chi connectivity index (χ0n) is 10.1. The Morgan fingerprint density at radius 2 is 1.84 bits per heavy atom. The molecule has 0 spiro atoms. The number of halogens is 2. The maximum Gasteiger partial charge on any atom is 0.0886 e. The number of pyridine rings is 1. The van der Waals surface area contributed by atoms with Crippen molar-refractivity contribution in [1.82, 2.24) is 4.98 Å². The van der Waals surface area contributed by atoms with E-state index < -0.39 is 6.10 Å². The Kier molecular flexibility index (Phi) is 4.77. The Bertz CT molecular complexity index is 528. The van der Waals surface area contributed by atoms with Crippen LogP contribution in [0.4, 0.5) is 0 Å². The van der Waals surface area contributed by atoms with Gasteiger partial charge in [0.2, 0.25) is 0 Å². The first kappa shape index (κ1) is 14.3. The highest BCUT2D eigenvalue weighted by Crippen LogP contribution is 2.32. The van der Waals surface area contributed by atoms with Gasteiger partial charge in [-0.2, -0.15) is 0 Å². The van der Waals surface area contributed by atoms with Gasteiger partial charge in [-0.15, -0.1) is 0 Å². The topological polar surface area (TPSA) is 59.1 Å². The molecule has 100 valence electrons. The summed E-state index contributed by atoms with van der Waals surface area (Å²) in [5, 5.41) is 11.4. The first-order valence-corrected chi connectivity index (χ1v) is 6.62. The highest BCUT2D eigenvalue weighted by molar-refractivity contribution is 6.34. The van der Waals surface area contributed by atoms with Crippen LogP contribution in [-0.4, -0.2) is 16.6 Å². The number of nitrogens with zero attached hydrogens (tertiary/aromatic N) is 1. The van der Waals surface area contributed by atoms with E-state index in [1.54, 1.807) is 24.4 Å². The monoisotopic (exact) mass is 296 g/mol. The van der Waals surface area contributed by atoms with E-state index in [1.165, 1.54) is 0 Å². The molecule has 1 aromatic carbocycles. The number of aromatic nitrogens is 1. The average Bonchev–Trinajstić information content (AvgIpc) is 2.39. The van der Waals surface area contributed by atoms with Crippen molar-refractivity contribution in [3.05, 3.63) is 63.9 Å². The van der Waals surface area contributed by atoms with Gasteiger partial charge in [-0.25, -0.2) is 0 Å². The summed E-state index contributed by atoms with van der Waals surface area (Å²) in [5.74, 6) is -0.296. The van der Waals surface area contributed by atoms with E-state index in [4.69, 9.17) is 28.9 Å². The van der Waals surface area contributed by atoms with Crippen LogP contribution in [0.5, 0.6) is 0 Å². The van der Waals surface area contributed by atoms with Gasteiger partial charge in [-0.1, -0.05) is 29.3 Å². The predicted octanol–water partition coefficient (Wildman–Crippen LogP) is 3.16. The molecule has 3 N–H and O–H groups in total. The van der Waals surface area contributed by atoms with Gasteiger partial charge in [0, 0.05) is 34.4 Å². The lowest BCUT2D eigenvalue weighted by molar-refractivity contribution is 0.145. The molecule has 0 aliphatic heterocycles. The molecule has 2 unspecified atom stereocenters. The van der Waals surface area contributed by atoms with Crippen molar-refractivity contribution in [2.75, 3.05) is 6.54 Å². The zero-order valence-corrected chi connectivity index (χ0v) is 11.6. The molecule has 2 rings (SSSR count). The summed E-state index contributed by atoms with van der Waals surface area (Å²) in [6.07, 6.45) is 0.881. The van der Waals surface area contributed by atoms with E-state index in [0.717, 1.165) is 5.69 Å². The molecular weight excluding hydrogens is 283 g/mol. The molecule has 2 atom stereocenters. The fraction of sp³-hybridized carbons (Fsp3) is 0.214. The summed E-state index contributed by atoms with van der Waals surface area (Å²) >= 11 is 11.9. The smallest absolute Gasteiger partial charge is 0.0886 e. The molecule has 0 saturated heterocycles. The van der Waals surface area contributed by atoms with Crippen LogP contribution >= 0.6 is 23.2 Å². The van der Waals surface area contributed by atoms with Crippen LogP contribution in [0.3, 0.4) is 0 Å². The van der Waals surface area contributed by atoms with Gasteiger partial charge in [0.05, 0.1) is 6.10 Å². The number of rotatable bonds is 4. The summed E-state index contributed by atoms with van der Waals surface area (Å²) in [4.78, 5) is 4.24. The summed E-state index contributed by atoms with van der Waals surface area (Å²) < 4.78 is 0. The molecule has 0 radical (unpaired) electrons. The van der Waals surface area contributed by atoms with Crippen LogP contribution in [-0.2, 0) is 0 Å². The summed E-state index contributed by atoms with van der Waals surface area (Å²) in [6.45, 7) is 0.280. The first-order chi connectivity index (χ1) is 9.11. The first-order valence-electron chi connectivity index (χ1n) is 5.87. The summed E-state index contributed by atoms with van der Waals surface area (Å²) in [5.41, 5.74) is 7.13. The summed E-state index contributed by atoms with van der Waals surface area (Å²) in [7, 11) is 0. The fourth-order valence-corrected chi connectivity index (χ4v) is 2.53. The molecular formula is C14H14Cl2N2O. The largest absolute Gasteiger partial charge is 0.388 e.